The van der Waals surface area contributed by atoms with E-state index in [1.165, 1.54) is 16.7 Å². The molecule has 2 unspecified atom stereocenters. The molecule has 2 aliphatic rings. The molecule has 2 atom stereocenters. The van der Waals surface area contributed by atoms with Gasteiger partial charge in [-0.05, 0) is 43.0 Å². The first kappa shape index (κ1) is 19.0. The molecule has 5 nitrogen and oxygen atoms in total. The van der Waals surface area contributed by atoms with Crippen LogP contribution in [0.5, 0.6) is 0 Å². The molecule has 1 N–H and O–H groups in total. The fraction of sp³-hybridized carbons (Fsp3) is 0.435. The van der Waals surface area contributed by atoms with Gasteiger partial charge in [-0.2, -0.15) is 0 Å². The largest absolute Gasteiger partial charge is 0.376 e. The van der Waals surface area contributed by atoms with Crippen LogP contribution in [0.2, 0.25) is 0 Å². The number of hydrogen-bond donors (Lipinski definition) is 1. The van der Waals surface area contributed by atoms with E-state index < -0.39 is 0 Å². The second-order valence-corrected chi connectivity index (χ2v) is 7.94. The SMILES string of the molecule is CC1CN(C(=O)Nc2cccc3c2CCOC3)C(C)CN1Cc1ccccc1. The van der Waals surface area contributed by atoms with E-state index in [4.69, 9.17) is 4.74 Å². The van der Waals surface area contributed by atoms with Gasteiger partial charge in [0.05, 0.1) is 13.2 Å². The van der Waals surface area contributed by atoms with E-state index in [2.05, 4.69) is 54.4 Å². The lowest BCUT2D eigenvalue weighted by atomic mass is 10.0. The van der Waals surface area contributed by atoms with E-state index in [9.17, 15) is 4.79 Å². The summed E-state index contributed by atoms with van der Waals surface area (Å²) < 4.78 is 5.54. The lowest BCUT2D eigenvalue weighted by molar-refractivity contribution is 0.0626. The van der Waals surface area contributed by atoms with Crippen molar-refractivity contribution in [3.8, 4) is 0 Å². The number of ether oxygens (including phenoxy) is 1. The highest BCUT2D eigenvalue weighted by molar-refractivity contribution is 5.90. The average molecular weight is 380 g/mol. The topological polar surface area (TPSA) is 44.8 Å². The first-order valence-corrected chi connectivity index (χ1v) is 10.2. The minimum Gasteiger partial charge on any atom is -0.376 e. The predicted molar refractivity (Wildman–Crippen MR) is 111 cm³/mol. The summed E-state index contributed by atoms with van der Waals surface area (Å²) in [6.45, 7) is 8.22. The minimum atomic E-state index is -0.00129. The van der Waals surface area contributed by atoms with Crippen molar-refractivity contribution in [3.05, 3.63) is 65.2 Å². The second kappa shape index (κ2) is 8.33. The van der Waals surface area contributed by atoms with Gasteiger partial charge in [-0.25, -0.2) is 4.79 Å². The number of fused-ring (bicyclic) bond motifs is 1. The van der Waals surface area contributed by atoms with Gasteiger partial charge >= 0.3 is 6.03 Å². The molecule has 2 aromatic rings. The van der Waals surface area contributed by atoms with Crippen molar-refractivity contribution in [2.24, 2.45) is 0 Å². The zero-order valence-electron chi connectivity index (χ0n) is 16.7. The highest BCUT2D eigenvalue weighted by Crippen LogP contribution is 2.26. The van der Waals surface area contributed by atoms with Crippen LogP contribution in [0.1, 0.15) is 30.5 Å². The fourth-order valence-electron chi connectivity index (χ4n) is 4.24. The van der Waals surface area contributed by atoms with Gasteiger partial charge in [-0.1, -0.05) is 42.5 Å². The molecule has 5 heteroatoms. The number of nitrogens with zero attached hydrogens (tertiary/aromatic N) is 2. The summed E-state index contributed by atoms with van der Waals surface area (Å²) >= 11 is 0. The summed E-state index contributed by atoms with van der Waals surface area (Å²) in [6, 6.07) is 17.1. The summed E-state index contributed by atoms with van der Waals surface area (Å²) in [5.74, 6) is 0. The number of urea groups is 1. The lowest BCUT2D eigenvalue weighted by Crippen LogP contribution is -2.58. The van der Waals surface area contributed by atoms with Gasteiger partial charge in [0, 0.05) is 37.4 Å². The molecule has 0 radical (unpaired) electrons. The van der Waals surface area contributed by atoms with Crippen molar-refractivity contribution in [1.82, 2.24) is 9.80 Å². The Morgan fingerprint density at radius 1 is 1.07 bits per heavy atom. The van der Waals surface area contributed by atoms with E-state index in [1.54, 1.807) is 0 Å². The van der Waals surface area contributed by atoms with Crippen LogP contribution in [0.4, 0.5) is 10.5 Å². The summed E-state index contributed by atoms with van der Waals surface area (Å²) in [4.78, 5) is 17.5. The Balaban J connectivity index is 1.42. The zero-order valence-corrected chi connectivity index (χ0v) is 16.7. The predicted octanol–water partition coefficient (Wildman–Crippen LogP) is 3.89. The number of hydrogen-bond acceptors (Lipinski definition) is 3. The van der Waals surface area contributed by atoms with Crippen LogP contribution in [-0.4, -0.2) is 47.6 Å². The molecule has 1 fully saturated rings. The molecule has 2 aliphatic heterocycles. The standard InChI is InChI=1S/C23H29N3O2/c1-17-14-26(18(2)13-25(17)15-19-7-4-3-5-8-19)23(27)24-22-10-6-9-20-16-28-12-11-21(20)22/h3-10,17-18H,11-16H2,1-2H3,(H,24,27). The molecule has 0 aromatic heterocycles. The van der Waals surface area contributed by atoms with Gasteiger partial charge in [-0.3, -0.25) is 4.90 Å². The number of carbonyl (C=O) groups is 1. The van der Waals surface area contributed by atoms with Gasteiger partial charge in [0.25, 0.3) is 0 Å². The Morgan fingerprint density at radius 3 is 2.71 bits per heavy atom. The maximum atomic E-state index is 13.0. The van der Waals surface area contributed by atoms with Crippen LogP contribution in [0.15, 0.2) is 48.5 Å². The van der Waals surface area contributed by atoms with Gasteiger partial charge < -0.3 is 15.0 Å². The molecule has 4 rings (SSSR count). The van der Waals surface area contributed by atoms with E-state index in [0.29, 0.717) is 19.3 Å². The molecule has 2 heterocycles. The van der Waals surface area contributed by atoms with Crippen molar-refractivity contribution >= 4 is 11.7 Å². The van der Waals surface area contributed by atoms with Gasteiger partial charge in [0.15, 0.2) is 0 Å². The van der Waals surface area contributed by atoms with Crippen LogP contribution >= 0.6 is 0 Å². The van der Waals surface area contributed by atoms with E-state index >= 15 is 0 Å². The zero-order chi connectivity index (χ0) is 19.5. The Hall–Kier alpha value is -2.37. The normalized spacial score (nSPS) is 22.6. The average Bonchev–Trinajstić information content (AvgIpc) is 2.71. The fourth-order valence-corrected chi connectivity index (χ4v) is 4.24. The van der Waals surface area contributed by atoms with E-state index in [-0.39, 0.29) is 12.1 Å². The summed E-state index contributed by atoms with van der Waals surface area (Å²) in [5.41, 5.74) is 4.64. The van der Waals surface area contributed by atoms with Crippen molar-refractivity contribution in [2.45, 2.75) is 45.5 Å². The van der Waals surface area contributed by atoms with Crippen LogP contribution < -0.4 is 5.32 Å². The summed E-state index contributed by atoms with van der Waals surface area (Å²) in [7, 11) is 0. The first-order valence-electron chi connectivity index (χ1n) is 10.2. The molecule has 148 valence electrons. The van der Waals surface area contributed by atoms with Crippen molar-refractivity contribution < 1.29 is 9.53 Å². The molecule has 1 saturated heterocycles. The molecule has 0 saturated carbocycles. The third-order valence-electron chi connectivity index (χ3n) is 5.87. The molecule has 2 aromatic carbocycles. The van der Waals surface area contributed by atoms with Crippen LogP contribution in [0.3, 0.4) is 0 Å². The van der Waals surface area contributed by atoms with Gasteiger partial charge in [-0.15, -0.1) is 0 Å². The third-order valence-corrected chi connectivity index (χ3v) is 5.87. The minimum absolute atomic E-state index is 0.00129. The van der Waals surface area contributed by atoms with Crippen LogP contribution in [-0.2, 0) is 24.3 Å². The van der Waals surface area contributed by atoms with Crippen LogP contribution in [0.25, 0.3) is 0 Å². The van der Waals surface area contributed by atoms with Crippen molar-refractivity contribution in [2.75, 3.05) is 25.0 Å². The molecular weight excluding hydrogens is 350 g/mol. The quantitative estimate of drug-likeness (QED) is 0.880. The Morgan fingerprint density at radius 2 is 1.89 bits per heavy atom. The molecule has 2 amide bonds. The maximum absolute atomic E-state index is 13.0. The van der Waals surface area contributed by atoms with Crippen LogP contribution in [0, 0.1) is 0 Å². The maximum Gasteiger partial charge on any atom is 0.322 e. The number of rotatable bonds is 3. The number of nitrogens with one attached hydrogen (secondary N) is 1. The van der Waals surface area contributed by atoms with Gasteiger partial charge in [0.2, 0.25) is 0 Å². The molecular formula is C23H29N3O2. The summed E-state index contributed by atoms with van der Waals surface area (Å²) in [5, 5.41) is 3.17. The molecule has 0 spiro atoms. The van der Waals surface area contributed by atoms with Crippen molar-refractivity contribution in [1.29, 1.82) is 0 Å². The lowest BCUT2D eigenvalue weighted by Gasteiger charge is -2.44. The number of anilines is 1. The molecule has 0 bridgehead atoms. The monoisotopic (exact) mass is 379 g/mol. The number of carbonyl (C=O) groups excluding carboxylic acids is 1. The third kappa shape index (κ3) is 4.05. The van der Waals surface area contributed by atoms with Crippen molar-refractivity contribution in [3.63, 3.8) is 0 Å². The Labute approximate surface area is 167 Å². The number of amides is 2. The summed E-state index contributed by atoms with van der Waals surface area (Å²) in [6.07, 6.45) is 0.850. The Kier molecular flexibility index (Phi) is 5.64. The second-order valence-electron chi connectivity index (χ2n) is 7.94. The van der Waals surface area contributed by atoms with E-state index in [1.807, 2.05) is 23.1 Å². The Bertz CT molecular complexity index is 824. The number of piperazine rings is 1. The molecule has 0 aliphatic carbocycles. The highest BCUT2D eigenvalue weighted by atomic mass is 16.5. The van der Waals surface area contributed by atoms with Gasteiger partial charge in [0.1, 0.15) is 0 Å². The first-order chi connectivity index (χ1) is 13.6. The number of benzene rings is 2. The van der Waals surface area contributed by atoms with E-state index in [0.717, 1.165) is 31.7 Å². The highest BCUT2D eigenvalue weighted by Gasteiger charge is 2.32. The molecule has 28 heavy (non-hydrogen) atoms. The smallest absolute Gasteiger partial charge is 0.322 e.